The van der Waals surface area contributed by atoms with E-state index in [1.54, 1.807) is 0 Å². The molecule has 5 nitrogen and oxygen atoms in total. The predicted octanol–water partition coefficient (Wildman–Crippen LogP) is 1.87. The zero-order valence-corrected chi connectivity index (χ0v) is 11.4. The van der Waals surface area contributed by atoms with E-state index in [1.165, 1.54) is 23.7 Å². The molecule has 1 amide bonds. The summed E-state index contributed by atoms with van der Waals surface area (Å²) in [5.74, 6) is 0.117. The second-order valence-corrected chi connectivity index (χ2v) is 5.75. The van der Waals surface area contributed by atoms with Crippen LogP contribution in [-0.2, 0) is 11.2 Å². The van der Waals surface area contributed by atoms with Crippen molar-refractivity contribution in [3.05, 3.63) is 36.2 Å². The zero-order chi connectivity index (χ0) is 13.2. The van der Waals surface area contributed by atoms with E-state index < -0.39 is 0 Å². The van der Waals surface area contributed by atoms with Gasteiger partial charge in [-0.15, -0.1) is 0 Å². The molecule has 0 spiro atoms. The number of anilines is 1. The third kappa shape index (κ3) is 2.35. The summed E-state index contributed by atoms with van der Waals surface area (Å²) in [5, 5.41) is 7.04. The van der Waals surface area contributed by atoms with Gasteiger partial charge in [0.1, 0.15) is 6.33 Å². The summed E-state index contributed by atoms with van der Waals surface area (Å²) in [6, 6.07) is 8.07. The second kappa shape index (κ2) is 5.05. The number of amides is 1. The quantitative estimate of drug-likeness (QED) is 0.868. The molecule has 0 saturated heterocycles. The van der Waals surface area contributed by atoms with Crippen molar-refractivity contribution in [1.82, 2.24) is 15.2 Å². The fraction of sp³-hybridized carbons (Fsp3) is 0.308. The van der Waals surface area contributed by atoms with Gasteiger partial charge in [0.25, 0.3) is 0 Å². The summed E-state index contributed by atoms with van der Waals surface area (Å²) in [4.78, 5) is 18.4. The highest BCUT2D eigenvalue weighted by molar-refractivity contribution is 8.00. The van der Waals surface area contributed by atoms with Crippen LogP contribution in [0.15, 0.2) is 35.7 Å². The van der Waals surface area contributed by atoms with Crippen LogP contribution < -0.4 is 4.90 Å². The molecule has 1 N–H and O–H groups in total. The van der Waals surface area contributed by atoms with Crippen LogP contribution in [0.3, 0.4) is 0 Å². The minimum Gasteiger partial charge on any atom is -0.311 e. The maximum absolute atomic E-state index is 12.5. The number of aromatic amines is 1. The Labute approximate surface area is 115 Å². The highest BCUT2D eigenvalue weighted by Gasteiger charge is 2.28. The molecule has 2 aromatic rings. The van der Waals surface area contributed by atoms with E-state index >= 15 is 0 Å². The Morgan fingerprint density at radius 3 is 3.11 bits per heavy atom. The lowest BCUT2D eigenvalue weighted by molar-refractivity contribution is -0.117. The summed E-state index contributed by atoms with van der Waals surface area (Å²) in [7, 11) is 0. The van der Waals surface area contributed by atoms with Crippen LogP contribution in [0.4, 0.5) is 5.69 Å². The number of rotatable bonds is 3. The molecule has 3 rings (SSSR count). The number of hydrogen-bond donors (Lipinski definition) is 1. The van der Waals surface area contributed by atoms with Crippen molar-refractivity contribution in [1.29, 1.82) is 0 Å². The van der Waals surface area contributed by atoms with Crippen molar-refractivity contribution in [2.45, 2.75) is 23.8 Å². The van der Waals surface area contributed by atoms with Gasteiger partial charge in [0.2, 0.25) is 5.91 Å². The molecule has 0 saturated carbocycles. The molecule has 0 aliphatic carbocycles. The minimum absolute atomic E-state index is 0.117. The molecule has 1 atom stereocenters. The lowest BCUT2D eigenvalue weighted by atomic mass is 10.2. The van der Waals surface area contributed by atoms with E-state index in [4.69, 9.17) is 0 Å². The van der Waals surface area contributed by atoms with Gasteiger partial charge in [0, 0.05) is 12.2 Å². The Balaban J connectivity index is 1.74. The van der Waals surface area contributed by atoms with Crippen LogP contribution in [0.25, 0.3) is 0 Å². The fourth-order valence-corrected chi connectivity index (χ4v) is 3.03. The molecule has 0 fully saturated rings. The Morgan fingerprint density at radius 2 is 2.32 bits per heavy atom. The second-order valence-electron chi connectivity index (χ2n) is 4.42. The largest absolute Gasteiger partial charge is 0.311 e. The van der Waals surface area contributed by atoms with E-state index in [0.717, 1.165) is 18.7 Å². The average molecular weight is 274 g/mol. The fourth-order valence-electron chi connectivity index (χ4n) is 2.26. The van der Waals surface area contributed by atoms with Gasteiger partial charge >= 0.3 is 0 Å². The molecule has 98 valence electrons. The Kier molecular flexibility index (Phi) is 3.25. The van der Waals surface area contributed by atoms with Gasteiger partial charge in [-0.2, -0.15) is 5.10 Å². The molecule has 1 aliphatic heterocycles. The average Bonchev–Trinajstić information content (AvgIpc) is 3.06. The SMILES string of the molecule is C[C@@H](Sc1ncn[nH]1)C(=O)N1CCc2ccccc21. The number of nitrogens with zero attached hydrogens (tertiary/aromatic N) is 3. The normalized spacial score (nSPS) is 15.3. The highest BCUT2D eigenvalue weighted by atomic mass is 32.2. The smallest absolute Gasteiger partial charge is 0.240 e. The van der Waals surface area contributed by atoms with E-state index in [0.29, 0.717) is 5.16 Å². The maximum Gasteiger partial charge on any atom is 0.240 e. The highest BCUT2D eigenvalue weighted by Crippen LogP contribution is 2.30. The van der Waals surface area contributed by atoms with Gasteiger partial charge in [-0.1, -0.05) is 30.0 Å². The third-order valence-corrected chi connectivity index (χ3v) is 4.16. The Hall–Kier alpha value is -1.82. The monoisotopic (exact) mass is 274 g/mol. The summed E-state index contributed by atoms with van der Waals surface area (Å²) in [6.45, 7) is 2.66. The van der Waals surface area contributed by atoms with Gasteiger partial charge in [0.05, 0.1) is 5.25 Å². The van der Waals surface area contributed by atoms with Crippen LogP contribution in [0, 0.1) is 0 Å². The Morgan fingerprint density at radius 1 is 1.47 bits per heavy atom. The number of H-pyrrole nitrogens is 1. The van der Waals surface area contributed by atoms with Gasteiger partial charge in [-0.05, 0) is 25.0 Å². The zero-order valence-electron chi connectivity index (χ0n) is 10.5. The van der Waals surface area contributed by atoms with E-state index in [2.05, 4.69) is 21.2 Å². The van der Waals surface area contributed by atoms with E-state index in [1.807, 2.05) is 30.0 Å². The molecule has 1 aromatic heterocycles. The molecule has 6 heteroatoms. The van der Waals surface area contributed by atoms with E-state index in [9.17, 15) is 4.79 Å². The molecule has 1 aliphatic rings. The van der Waals surface area contributed by atoms with Crippen LogP contribution >= 0.6 is 11.8 Å². The van der Waals surface area contributed by atoms with Gasteiger partial charge in [0.15, 0.2) is 5.16 Å². The number of para-hydroxylation sites is 1. The van der Waals surface area contributed by atoms with Crippen molar-refractivity contribution < 1.29 is 4.79 Å². The lowest BCUT2D eigenvalue weighted by Crippen LogP contribution is -2.35. The predicted molar refractivity (Wildman–Crippen MR) is 74.2 cm³/mol. The van der Waals surface area contributed by atoms with E-state index in [-0.39, 0.29) is 11.2 Å². The molecular weight excluding hydrogens is 260 g/mol. The first-order valence-corrected chi connectivity index (χ1v) is 7.05. The van der Waals surface area contributed by atoms with Gasteiger partial charge in [-0.25, -0.2) is 4.98 Å². The summed E-state index contributed by atoms with van der Waals surface area (Å²) >= 11 is 1.40. The van der Waals surface area contributed by atoms with Gasteiger partial charge in [-0.3, -0.25) is 9.89 Å². The number of fused-ring (bicyclic) bond motifs is 1. The van der Waals surface area contributed by atoms with Crippen molar-refractivity contribution in [2.75, 3.05) is 11.4 Å². The van der Waals surface area contributed by atoms with Crippen molar-refractivity contribution in [3.8, 4) is 0 Å². The topological polar surface area (TPSA) is 61.9 Å². The lowest BCUT2D eigenvalue weighted by Gasteiger charge is -2.20. The number of benzene rings is 1. The van der Waals surface area contributed by atoms with Crippen molar-refractivity contribution in [2.24, 2.45) is 0 Å². The summed E-state index contributed by atoms with van der Waals surface area (Å²) in [5.41, 5.74) is 2.28. The number of carbonyl (C=O) groups excluding carboxylic acids is 1. The van der Waals surface area contributed by atoms with Crippen molar-refractivity contribution in [3.63, 3.8) is 0 Å². The van der Waals surface area contributed by atoms with Crippen LogP contribution in [0.5, 0.6) is 0 Å². The molecule has 19 heavy (non-hydrogen) atoms. The summed E-state index contributed by atoms with van der Waals surface area (Å²) < 4.78 is 0. The Bertz CT molecular complexity index is 584. The molecular formula is C13H14N4OS. The third-order valence-electron chi connectivity index (χ3n) is 3.18. The number of thioether (sulfide) groups is 1. The number of aromatic nitrogens is 3. The molecule has 0 radical (unpaired) electrons. The minimum atomic E-state index is -0.181. The first-order valence-electron chi connectivity index (χ1n) is 6.17. The van der Waals surface area contributed by atoms with Crippen LogP contribution in [0.2, 0.25) is 0 Å². The maximum atomic E-state index is 12.5. The molecule has 1 aromatic carbocycles. The number of nitrogens with one attached hydrogen (secondary N) is 1. The number of carbonyl (C=O) groups is 1. The molecule has 0 bridgehead atoms. The first kappa shape index (κ1) is 12.2. The van der Waals surface area contributed by atoms with Gasteiger partial charge < -0.3 is 4.90 Å². The van der Waals surface area contributed by atoms with Crippen LogP contribution in [0.1, 0.15) is 12.5 Å². The van der Waals surface area contributed by atoms with Crippen LogP contribution in [-0.4, -0.2) is 32.9 Å². The standard InChI is InChI=1S/C13H14N4OS/c1-9(19-13-14-8-15-16-13)12(18)17-7-6-10-4-2-3-5-11(10)17/h2-5,8-9H,6-7H2,1H3,(H,14,15,16)/t9-/m1/s1. The summed E-state index contributed by atoms with van der Waals surface area (Å²) in [6.07, 6.45) is 2.38. The number of hydrogen-bond acceptors (Lipinski definition) is 4. The van der Waals surface area contributed by atoms with Crippen molar-refractivity contribution >= 4 is 23.4 Å². The molecule has 2 heterocycles. The molecule has 0 unspecified atom stereocenters. The first-order chi connectivity index (χ1) is 9.25.